The monoisotopic (exact) mass is 395 g/mol. The summed E-state index contributed by atoms with van der Waals surface area (Å²) in [6, 6.07) is 18.3. The Balaban J connectivity index is 1.68. The Morgan fingerprint density at radius 1 is 1.00 bits per heavy atom. The molecule has 4 aromatic rings. The van der Waals surface area contributed by atoms with Crippen LogP contribution in [0.15, 0.2) is 60.7 Å². The van der Waals surface area contributed by atoms with Crippen LogP contribution in [0.5, 0.6) is 0 Å². The van der Waals surface area contributed by atoms with Crippen molar-refractivity contribution in [3.8, 4) is 11.4 Å². The van der Waals surface area contributed by atoms with Crippen LogP contribution >= 0.6 is 23.2 Å². The molecule has 3 aromatic carbocycles. The summed E-state index contributed by atoms with van der Waals surface area (Å²) in [4.78, 5) is 20.3. The Morgan fingerprint density at radius 2 is 1.74 bits per heavy atom. The lowest BCUT2D eigenvalue weighted by atomic mass is 10.1. The van der Waals surface area contributed by atoms with Crippen LogP contribution < -0.4 is 5.32 Å². The van der Waals surface area contributed by atoms with Crippen LogP contribution in [0.1, 0.15) is 15.9 Å². The van der Waals surface area contributed by atoms with Crippen LogP contribution in [0.3, 0.4) is 0 Å². The summed E-state index contributed by atoms with van der Waals surface area (Å²) in [6.07, 6.45) is 0. The number of imidazole rings is 1. The zero-order valence-corrected chi connectivity index (χ0v) is 15.9. The van der Waals surface area contributed by atoms with E-state index >= 15 is 0 Å². The average molecular weight is 396 g/mol. The Hall–Kier alpha value is -2.82. The molecule has 1 heterocycles. The van der Waals surface area contributed by atoms with Gasteiger partial charge in [-0.3, -0.25) is 4.79 Å². The second-order valence-electron chi connectivity index (χ2n) is 6.24. The van der Waals surface area contributed by atoms with Gasteiger partial charge in [-0.15, -0.1) is 0 Å². The van der Waals surface area contributed by atoms with E-state index in [4.69, 9.17) is 23.2 Å². The van der Waals surface area contributed by atoms with Crippen LogP contribution in [-0.4, -0.2) is 15.9 Å². The van der Waals surface area contributed by atoms with Crippen molar-refractivity contribution in [3.63, 3.8) is 0 Å². The molecule has 0 fully saturated rings. The number of aromatic amines is 1. The van der Waals surface area contributed by atoms with Gasteiger partial charge in [0.05, 0.1) is 26.6 Å². The topological polar surface area (TPSA) is 57.8 Å². The fourth-order valence-electron chi connectivity index (χ4n) is 2.92. The molecule has 6 heteroatoms. The quantitative estimate of drug-likeness (QED) is 0.440. The molecule has 4 rings (SSSR count). The number of hydrogen-bond donors (Lipinski definition) is 2. The molecule has 0 radical (unpaired) electrons. The summed E-state index contributed by atoms with van der Waals surface area (Å²) >= 11 is 12.5. The minimum Gasteiger partial charge on any atom is -0.338 e. The third kappa shape index (κ3) is 3.54. The number of benzene rings is 3. The molecule has 0 saturated heterocycles. The second kappa shape index (κ2) is 7.06. The van der Waals surface area contributed by atoms with Gasteiger partial charge in [-0.05, 0) is 55.0 Å². The fourth-order valence-corrected chi connectivity index (χ4v) is 3.50. The number of carbonyl (C=O) groups excluding carboxylic acids is 1. The van der Waals surface area contributed by atoms with Crippen LogP contribution in [0.2, 0.25) is 10.0 Å². The molecule has 1 amide bonds. The number of fused-ring (bicyclic) bond motifs is 1. The molecule has 0 aliphatic rings. The van der Waals surface area contributed by atoms with Crippen molar-refractivity contribution in [1.82, 2.24) is 9.97 Å². The van der Waals surface area contributed by atoms with Crippen molar-refractivity contribution < 1.29 is 4.79 Å². The van der Waals surface area contributed by atoms with E-state index in [-0.39, 0.29) is 5.91 Å². The third-order valence-corrected chi connectivity index (χ3v) is 4.85. The SMILES string of the molecule is Cc1cccc(NC(=O)c2ccc3nc(-c4c(Cl)cccc4Cl)[nH]c3c2)c1. The van der Waals surface area contributed by atoms with Crippen molar-refractivity contribution in [2.24, 2.45) is 0 Å². The molecule has 2 N–H and O–H groups in total. The average Bonchev–Trinajstić information content (AvgIpc) is 3.04. The normalized spacial score (nSPS) is 10.9. The van der Waals surface area contributed by atoms with Crippen molar-refractivity contribution in [2.75, 3.05) is 5.32 Å². The number of hydrogen-bond acceptors (Lipinski definition) is 2. The van der Waals surface area contributed by atoms with Crippen LogP contribution in [0.4, 0.5) is 5.69 Å². The smallest absolute Gasteiger partial charge is 0.255 e. The van der Waals surface area contributed by atoms with Crippen LogP contribution in [0, 0.1) is 6.92 Å². The maximum absolute atomic E-state index is 12.6. The number of amides is 1. The molecule has 27 heavy (non-hydrogen) atoms. The van der Waals surface area contributed by atoms with E-state index in [1.165, 1.54) is 0 Å². The van der Waals surface area contributed by atoms with Gasteiger partial charge in [-0.25, -0.2) is 4.98 Å². The summed E-state index contributed by atoms with van der Waals surface area (Å²) in [5.74, 6) is 0.381. The van der Waals surface area contributed by atoms with E-state index in [0.29, 0.717) is 27.0 Å². The highest BCUT2D eigenvalue weighted by molar-refractivity contribution is 6.39. The Kier molecular flexibility index (Phi) is 4.60. The molecular weight excluding hydrogens is 381 g/mol. The predicted molar refractivity (Wildman–Crippen MR) is 111 cm³/mol. The zero-order valence-electron chi connectivity index (χ0n) is 14.4. The summed E-state index contributed by atoms with van der Waals surface area (Å²) in [5.41, 5.74) is 4.48. The highest BCUT2D eigenvalue weighted by atomic mass is 35.5. The number of aryl methyl sites for hydroxylation is 1. The first-order chi connectivity index (χ1) is 13.0. The van der Waals surface area contributed by atoms with Gasteiger partial charge in [-0.2, -0.15) is 0 Å². The first kappa shape index (κ1) is 17.6. The Labute approximate surface area is 166 Å². The Morgan fingerprint density at radius 3 is 2.48 bits per heavy atom. The number of H-pyrrole nitrogens is 1. The highest BCUT2D eigenvalue weighted by Crippen LogP contribution is 2.33. The third-order valence-electron chi connectivity index (χ3n) is 4.22. The molecule has 0 atom stereocenters. The van der Waals surface area contributed by atoms with Gasteiger partial charge in [0.2, 0.25) is 0 Å². The standard InChI is InChI=1S/C21H15Cl2N3O/c1-12-4-2-5-14(10-12)24-21(27)13-8-9-17-18(11-13)26-20(25-17)19-15(22)6-3-7-16(19)23/h2-11H,1H3,(H,24,27)(H,25,26). The van der Waals surface area contributed by atoms with Crippen LogP contribution in [0.25, 0.3) is 22.4 Å². The summed E-state index contributed by atoms with van der Waals surface area (Å²) < 4.78 is 0. The maximum atomic E-state index is 12.6. The number of aromatic nitrogens is 2. The summed E-state index contributed by atoms with van der Waals surface area (Å²) in [5, 5.41) is 3.93. The van der Waals surface area contributed by atoms with E-state index in [1.807, 2.05) is 31.2 Å². The van der Waals surface area contributed by atoms with Gasteiger partial charge >= 0.3 is 0 Å². The molecule has 0 saturated carbocycles. The minimum absolute atomic E-state index is 0.186. The zero-order chi connectivity index (χ0) is 19.0. The molecule has 134 valence electrons. The minimum atomic E-state index is -0.186. The van der Waals surface area contributed by atoms with Crippen molar-refractivity contribution in [1.29, 1.82) is 0 Å². The van der Waals surface area contributed by atoms with Gasteiger partial charge in [0, 0.05) is 11.3 Å². The first-order valence-electron chi connectivity index (χ1n) is 8.33. The lowest BCUT2D eigenvalue weighted by Gasteiger charge is -2.06. The highest BCUT2D eigenvalue weighted by Gasteiger charge is 2.14. The summed E-state index contributed by atoms with van der Waals surface area (Å²) in [7, 11) is 0. The lowest BCUT2D eigenvalue weighted by molar-refractivity contribution is 0.102. The number of anilines is 1. The van der Waals surface area contributed by atoms with Gasteiger partial charge in [0.15, 0.2) is 0 Å². The molecule has 0 unspecified atom stereocenters. The maximum Gasteiger partial charge on any atom is 0.255 e. The van der Waals surface area contributed by atoms with Gasteiger partial charge in [-0.1, -0.05) is 41.4 Å². The van der Waals surface area contributed by atoms with Crippen molar-refractivity contribution in [2.45, 2.75) is 6.92 Å². The number of nitrogens with zero attached hydrogens (tertiary/aromatic N) is 1. The predicted octanol–water partition coefficient (Wildman–Crippen LogP) is 6.10. The lowest BCUT2D eigenvalue weighted by Crippen LogP contribution is -2.11. The molecule has 1 aromatic heterocycles. The summed E-state index contributed by atoms with van der Waals surface area (Å²) in [6.45, 7) is 1.98. The van der Waals surface area contributed by atoms with Crippen molar-refractivity contribution in [3.05, 3.63) is 81.8 Å². The van der Waals surface area contributed by atoms with Gasteiger partial charge in [0.25, 0.3) is 5.91 Å². The molecule has 4 nitrogen and oxygen atoms in total. The molecule has 0 aliphatic heterocycles. The van der Waals surface area contributed by atoms with E-state index in [1.54, 1.807) is 36.4 Å². The van der Waals surface area contributed by atoms with Gasteiger partial charge in [0.1, 0.15) is 5.82 Å². The van der Waals surface area contributed by atoms with E-state index in [9.17, 15) is 4.79 Å². The van der Waals surface area contributed by atoms with E-state index < -0.39 is 0 Å². The van der Waals surface area contributed by atoms with Crippen molar-refractivity contribution >= 4 is 45.8 Å². The Bertz CT molecular complexity index is 1150. The second-order valence-corrected chi connectivity index (χ2v) is 7.05. The molecular formula is C21H15Cl2N3O. The largest absolute Gasteiger partial charge is 0.338 e. The molecule has 0 spiro atoms. The van der Waals surface area contributed by atoms with E-state index in [0.717, 1.165) is 22.3 Å². The fraction of sp³-hybridized carbons (Fsp3) is 0.0476. The molecule has 0 bridgehead atoms. The van der Waals surface area contributed by atoms with Gasteiger partial charge < -0.3 is 10.3 Å². The number of nitrogens with one attached hydrogen (secondary N) is 2. The first-order valence-corrected chi connectivity index (χ1v) is 9.09. The number of halogens is 2. The number of carbonyl (C=O) groups is 1. The van der Waals surface area contributed by atoms with E-state index in [2.05, 4.69) is 15.3 Å². The molecule has 0 aliphatic carbocycles. The number of rotatable bonds is 3. The van der Waals surface area contributed by atoms with Crippen LogP contribution in [-0.2, 0) is 0 Å².